The first-order valence-electron chi connectivity index (χ1n) is 9.87. The molecule has 172 valence electrons. The number of carboxylic acid groups (broad SMARTS) is 1. The number of rotatable bonds is 5. The van der Waals surface area contributed by atoms with Crippen molar-refractivity contribution in [2.45, 2.75) is 64.3 Å². The molecule has 0 bridgehead atoms. The van der Waals surface area contributed by atoms with Crippen molar-refractivity contribution in [1.82, 2.24) is 9.88 Å². The average molecular weight is 479 g/mol. The lowest BCUT2D eigenvalue weighted by atomic mass is 10.0. The molecule has 4 rings (SSSR count). The summed E-state index contributed by atoms with van der Waals surface area (Å²) in [5.41, 5.74) is 1.04. The minimum atomic E-state index is -5.08. The number of thiazole rings is 1. The molecule has 4 heterocycles. The van der Waals surface area contributed by atoms with Crippen molar-refractivity contribution in [3.05, 3.63) is 38.0 Å². The maximum absolute atomic E-state index is 10.6. The van der Waals surface area contributed by atoms with Gasteiger partial charge in [0.05, 0.1) is 23.4 Å². The molecule has 1 N–H and O–H groups in total. The normalized spacial score (nSPS) is 23.8. The van der Waals surface area contributed by atoms with Crippen LogP contribution in [0.1, 0.15) is 33.3 Å². The highest BCUT2D eigenvalue weighted by Gasteiger charge is 2.44. The molecule has 2 saturated heterocycles. The van der Waals surface area contributed by atoms with E-state index in [9.17, 15) is 13.2 Å². The Hall–Kier alpha value is -1.53. The standard InChI is InChI=1S/C18H24N2O2S2.C2HF3O2/c1-12-5-6-15(24-12)8-20-9-17(18-16(20)4-3-7-21-18)22-10-14-11-23-13(2)19-14;3-2(4,5)1(6)7/h5-6,11,16-18H,3-4,7-10H2,1-2H3;(H,6,7)/t16-,17-,18+;/m1./s1. The first-order chi connectivity index (χ1) is 14.6. The number of hydrogen-bond donors (Lipinski definition) is 1. The van der Waals surface area contributed by atoms with E-state index in [0.717, 1.165) is 36.8 Å². The van der Waals surface area contributed by atoms with Crippen molar-refractivity contribution in [2.75, 3.05) is 13.2 Å². The molecule has 0 aliphatic carbocycles. The predicted molar refractivity (Wildman–Crippen MR) is 111 cm³/mol. The summed E-state index contributed by atoms with van der Waals surface area (Å²) in [6.07, 6.45) is -2.36. The number of hydrogen-bond acceptors (Lipinski definition) is 7. The molecule has 2 aliphatic heterocycles. The number of thiophene rings is 1. The van der Waals surface area contributed by atoms with Gasteiger partial charge in [-0.05, 0) is 38.8 Å². The largest absolute Gasteiger partial charge is 0.490 e. The van der Waals surface area contributed by atoms with Gasteiger partial charge in [-0.3, -0.25) is 4.90 Å². The van der Waals surface area contributed by atoms with Crippen molar-refractivity contribution >= 4 is 28.6 Å². The minimum absolute atomic E-state index is 0.151. The van der Waals surface area contributed by atoms with Gasteiger partial charge >= 0.3 is 12.1 Å². The topological polar surface area (TPSA) is 71.9 Å². The molecule has 2 fully saturated rings. The number of alkyl halides is 3. The summed E-state index contributed by atoms with van der Waals surface area (Å²) in [6, 6.07) is 4.96. The van der Waals surface area contributed by atoms with Crippen LogP contribution in [0, 0.1) is 13.8 Å². The van der Waals surface area contributed by atoms with E-state index in [4.69, 9.17) is 19.4 Å². The second kappa shape index (κ2) is 10.4. The number of ether oxygens (including phenoxy) is 2. The van der Waals surface area contributed by atoms with E-state index >= 15 is 0 Å². The third-order valence-electron chi connectivity index (χ3n) is 5.09. The van der Waals surface area contributed by atoms with Crippen molar-refractivity contribution in [3.63, 3.8) is 0 Å². The average Bonchev–Trinajstić information content (AvgIpc) is 3.40. The molecule has 2 aromatic rings. The van der Waals surface area contributed by atoms with Gasteiger partial charge in [-0.15, -0.1) is 22.7 Å². The van der Waals surface area contributed by atoms with Crippen molar-refractivity contribution in [2.24, 2.45) is 0 Å². The molecule has 3 atom stereocenters. The summed E-state index contributed by atoms with van der Waals surface area (Å²) in [5, 5.41) is 10.3. The third kappa shape index (κ3) is 6.72. The summed E-state index contributed by atoms with van der Waals surface area (Å²) in [5.74, 6) is -2.76. The Morgan fingerprint density at radius 1 is 1.39 bits per heavy atom. The Morgan fingerprint density at radius 3 is 2.71 bits per heavy atom. The smallest absolute Gasteiger partial charge is 0.475 e. The quantitative estimate of drug-likeness (QED) is 0.687. The molecule has 0 unspecified atom stereocenters. The zero-order valence-corrected chi connectivity index (χ0v) is 18.9. The monoisotopic (exact) mass is 478 g/mol. The summed E-state index contributed by atoms with van der Waals surface area (Å²) in [6.45, 7) is 7.63. The van der Waals surface area contributed by atoms with E-state index in [0.29, 0.717) is 12.6 Å². The third-order valence-corrected chi connectivity index (χ3v) is 6.90. The number of aryl methyl sites for hydroxylation is 2. The van der Waals surface area contributed by atoms with E-state index in [-0.39, 0.29) is 12.2 Å². The fraction of sp³-hybridized carbons (Fsp3) is 0.600. The molecule has 2 aromatic heterocycles. The highest BCUT2D eigenvalue weighted by molar-refractivity contribution is 7.11. The zero-order valence-electron chi connectivity index (χ0n) is 17.2. The Balaban J connectivity index is 0.000000339. The lowest BCUT2D eigenvalue weighted by Crippen LogP contribution is -2.41. The molecular weight excluding hydrogens is 453 g/mol. The Bertz CT molecular complexity index is 871. The Kier molecular flexibility index (Phi) is 8.08. The van der Waals surface area contributed by atoms with Gasteiger partial charge < -0.3 is 14.6 Å². The van der Waals surface area contributed by atoms with E-state index in [2.05, 4.69) is 34.3 Å². The number of halogens is 3. The van der Waals surface area contributed by atoms with Crippen LogP contribution in [0.3, 0.4) is 0 Å². The maximum atomic E-state index is 10.6. The number of nitrogens with zero attached hydrogens (tertiary/aromatic N) is 2. The number of likely N-dealkylation sites (tertiary alicyclic amines) is 1. The van der Waals surface area contributed by atoms with E-state index in [1.807, 2.05) is 18.3 Å². The Labute approximate surface area is 186 Å². The predicted octanol–water partition coefficient (Wildman–Crippen LogP) is 4.40. The van der Waals surface area contributed by atoms with Crippen LogP contribution in [0.15, 0.2) is 17.5 Å². The fourth-order valence-corrected chi connectivity index (χ4v) is 5.28. The molecule has 0 spiro atoms. The minimum Gasteiger partial charge on any atom is -0.475 e. The summed E-state index contributed by atoms with van der Waals surface area (Å²) < 4.78 is 44.1. The number of aromatic nitrogens is 1. The first-order valence-corrected chi connectivity index (χ1v) is 11.6. The van der Waals surface area contributed by atoms with Crippen molar-refractivity contribution < 1.29 is 32.5 Å². The van der Waals surface area contributed by atoms with Gasteiger partial charge in [0.15, 0.2) is 0 Å². The van der Waals surface area contributed by atoms with E-state index in [1.54, 1.807) is 11.3 Å². The molecule has 2 aliphatic rings. The number of carboxylic acids is 1. The molecule has 11 heteroatoms. The zero-order chi connectivity index (χ0) is 22.6. The molecule has 31 heavy (non-hydrogen) atoms. The number of carbonyl (C=O) groups is 1. The summed E-state index contributed by atoms with van der Waals surface area (Å²) >= 11 is 3.58. The molecular formula is C20H25F3N2O4S2. The fourth-order valence-electron chi connectivity index (χ4n) is 3.77. The van der Waals surface area contributed by atoms with Gasteiger partial charge in [0.2, 0.25) is 0 Å². The van der Waals surface area contributed by atoms with Gasteiger partial charge in [0, 0.05) is 40.9 Å². The number of aliphatic carboxylic acids is 1. The number of fused-ring (bicyclic) bond motifs is 1. The highest BCUT2D eigenvalue weighted by Crippen LogP contribution is 2.33. The van der Waals surface area contributed by atoms with Crippen molar-refractivity contribution in [1.29, 1.82) is 0 Å². The molecule has 0 aromatic carbocycles. The lowest BCUT2D eigenvalue weighted by Gasteiger charge is -2.32. The molecule has 0 radical (unpaired) electrons. The summed E-state index contributed by atoms with van der Waals surface area (Å²) in [7, 11) is 0. The van der Waals surface area contributed by atoms with Crippen LogP contribution in [0.25, 0.3) is 0 Å². The first kappa shape index (κ1) is 24.1. The van der Waals surface area contributed by atoms with E-state index < -0.39 is 12.1 Å². The second-order valence-corrected chi connectivity index (χ2v) is 9.93. The van der Waals surface area contributed by atoms with Crippen LogP contribution in [-0.2, 0) is 27.4 Å². The van der Waals surface area contributed by atoms with Gasteiger partial charge in [0.1, 0.15) is 6.10 Å². The van der Waals surface area contributed by atoms with Crippen LogP contribution in [0.4, 0.5) is 13.2 Å². The van der Waals surface area contributed by atoms with Gasteiger partial charge in [0.25, 0.3) is 0 Å². The summed E-state index contributed by atoms with van der Waals surface area (Å²) in [4.78, 5) is 18.8. The maximum Gasteiger partial charge on any atom is 0.490 e. The van der Waals surface area contributed by atoms with Crippen LogP contribution >= 0.6 is 22.7 Å². The molecule has 6 nitrogen and oxygen atoms in total. The van der Waals surface area contributed by atoms with Crippen LogP contribution in [0.5, 0.6) is 0 Å². The highest BCUT2D eigenvalue weighted by atomic mass is 32.1. The van der Waals surface area contributed by atoms with Crippen LogP contribution in [-0.4, -0.2) is 58.5 Å². The van der Waals surface area contributed by atoms with Crippen LogP contribution < -0.4 is 0 Å². The van der Waals surface area contributed by atoms with Gasteiger partial charge in [-0.2, -0.15) is 13.2 Å². The molecule has 0 saturated carbocycles. The van der Waals surface area contributed by atoms with Crippen LogP contribution in [0.2, 0.25) is 0 Å². The van der Waals surface area contributed by atoms with E-state index in [1.165, 1.54) is 16.2 Å². The molecule has 0 amide bonds. The Morgan fingerprint density at radius 2 is 2.13 bits per heavy atom. The van der Waals surface area contributed by atoms with Gasteiger partial charge in [-0.1, -0.05) is 0 Å². The second-order valence-electron chi connectivity index (χ2n) is 7.50. The van der Waals surface area contributed by atoms with Crippen molar-refractivity contribution in [3.8, 4) is 0 Å². The SMILES string of the molecule is Cc1ccc(CN2C[C@@H](OCc3csc(C)n3)[C@H]3OCCC[C@H]32)s1.O=C(O)C(F)(F)F. The lowest BCUT2D eigenvalue weighted by molar-refractivity contribution is -0.192. The van der Waals surface area contributed by atoms with Gasteiger partial charge in [-0.25, -0.2) is 9.78 Å².